The number of hydrogen-bond acceptors (Lipinski definition) is 4. The topological polar surface area (TPSA) is 77.3 Å². The van der Waals surface area contributed by atoms with Crippen molar-refractivity contribution in [1.29, 1.82) is 0 Å². The van der Waals surface area contributed by atoms with E-state index in [0.29, 0.717) is 0 Å². The molecule has 8 heteroatoms. The Bertz CT molecular complexity index is 526. The third-order valence-electron chi connectivity index (χ3n) is 1.77. The summed E-state index contributed by atoms with van der Waals surface area (Å²) in [6, 6.07) is 2.26. The molecule has 82 valence electrons. The highest BCUT2D eigenvalue weighted by molar-refractivity contribution is 8.13. The van der Waals surface area contributed by atoms with Gasteiger partial charge in [-0.25, -0.2) is 8.42 Å². The predicted octanol–water partition coefficient (Wildman–Crippen LogP) is 2.48. The second-order valence-electron chi connectivity index (χ2n) is 2.72. The molecule has 0 amide bonds. The van der Waals surface area contributed by atoms with Gasteiger partial charge in [0.25, 0.3) is 14.7 Å². The maximum atomic E-state index is 11.1. The molecular weight excluding hydrogens is 265 g/mol. The van der Waals surface area contributed by atoms with Crippen molar-refractivity contribution in [2.24, 2.45) is 0 Å². The van der Waals surface area contributed by atoms with Crippen LogP contribution in [0.4, 0.5) is 5.69 Å². The van der Waals surface area contributed by atoms with Gasteiger partial charge in [-0.1, -0.05) is 11.6 Å². The first kappa shape index (κ1) is 12.2. The average Bonchev–Trinajstić information content (AvgIpc) is 2.00. The van der Waals surface area contributed by atoms with E-state index in [1.165, 1.54) is 6.92 Å². The van der Waals surface area contributed by atoms with Crippen LogP contribution in [0.25, 0.3) is 0 Å². The van der Waals surface area contributed by atoms with Gasteiger partial charge in [-0.2, -0.15) is 0 Å². The van der Waals surface area contributed by atoms with Crippen molar-refractivity contribution in [1.82, 2.24) is 0 Å². The van der Waals surface area contributed by atoms with Crippen LogP contribution in [0.3, 0.4) is 0 Å². The summed E-state index contributed by atoms with van der Waals surface area (Å²) >= 11 is 5.60. The van der Waals surface area contributed by atoms with Crippen LogP contribution in [0.15, 0.2) is 17.0 Å². The van der Waals surface area contributed by atoms with E-state index in [-0.39, 0.29) is 16.3 Å². The first-order valence-corrected chi connectivity index (χ1v) is 6.32. The monoisotopic (exact) mass is 269 g/mol. The Morgan fingerprint density at radius 1 is 1.40 bits per heavy atom. The number of nitro benzene ring substituents is 1. The number of nitrogens with zero attached hydrogens (tertiary/aromatic N) is 1. The molecule has 0 unspecified atom stereocenters. The number of hydrogen-bond donors (Lipinski definition) is 0. The van der Waals surface area contributed by atoms with Crippen LogP contribution in [0.1, 0.15) is 5.56 Å². The largest absolute Gasteiger partial charge is 0.273 e. The van der Waals surface area contributed by atoms with Gasteiger partial charge in [0.2, 0.25) is 0 Å². The second kappa shape index (κ2) is 3.96. The van der Waals surface area contributed by atoms with Crippen LogP contribution in [0, 0.1) is 17.0 Å². The molecule has 1 aromatic rings. The number of halogens is 2. The van der Waals surface area contributed by atoms with Crippen molar-refractivity contribution in [2.45, 2.75) is 11.8 Å². The lowest BCUT2D eigenvalue weighted by Gasteiger charge is -2.04. The Labute approximate surface area is 95.2 Å². The fourth-order valence-corrected chi connectivity index (χ4v) is 3.14. The van der Waals surface area contributed by atoms with Crippen LogP contribution >= 0.6 is 22.3 Å². The fourth-order valence-electron chi connectivity index (χ4n) is 1.15. The molecule has 0 saturated carbocycles. The van der Waals surface area contributed by atoms with Crippen molar-refractivity contribution in [3.05, 3.63) is 32.8 Å². The Kier molecular flexibility index (Phi) is 3.22. The smallest absolute Gasteiger partial charge is 0.258 e. The van der Waals surface area contributed by atoms with Crippen molar-refractivity contribution in [2.75, 3.05) is 0 Å². The van der Waals surface area contributed by atoms with Crippen molar-refractivity contribution in [3.63, 3.8) is 0 Å². The number of benzene rings is 1. The summed E-state index contributed by atoms with van der Waals surface area (Å²) in [7, 11) is 1.03. The molecule has 0 radical (unpaired) electrons. The number of rotatable bonds is 2. The summed E-state index contributed by atoms with van der Waals surface area (Å²) in [6.45, 7) is 1.28. The number of nitro groups is 1. The molecule has 0 fully saturated rings. The molecule has 0 aliphatic carbocycles. The van der Waals surface area contributed by atoms with Crippen LogP contribution in [0.5, 0.6) is 0 Å². The first-order chi connectivity index (χ1) is 6.75. The highest BCUT2D eigenvalue weighted by Gasteiger charge is 2.24. The van der Waals surface area contributed by atoms with E-state index in [1.807, 2.05) is 0 Å². The molecule has 0 aliphatic heterocycles. The van der Waals surface area contributed by atoms with Gasteiger partial charge in [-0.3, -0.25) is 10.1 Å². The second-order valence-corrected chi connectivity index (χ2v) is 5.63. The van der Waals surface area contributed by atoms with Crippen LogP contribution < -0.4 is 0 Å². The minimum atomic E-state index is -4.08. The average molecular weight is 270 g/mol. The minimum Gasteiger partial charge on any atom is -0.258 e. The zero-order chi connectivity index (χ0) is 11.8. The van der Waals surface area contributed by atoms with E-state index in [4.69, 9.17) is 22.3 Å². The maximum Gasteiger partial charge on any atom is 0.273 e. The predicted molar refractivity (Wildman–Crippen MR) is 55.9 cm³/mol. The Hall–Kier alpha value is -0.850. The van der Waals surface area contributed by atoms with Gasteiger partial charge in [0.1, 0.15) is 4.90 Å². The fraction of sp³-hybridized carbons (Fsp3) is 0.143. The molecule has 0 bridgehead atoms. The van der Waals surface area contributed by atoms with E-state index in [9.17, 15) is 18.5 Å². The molecular formula is C7H5Cl2NO4S. The molecule has 15 heavy (non-hydrogen) atoms. The highest BCUT2D eigenvalue weighted by Crippen LogP contribution is 2.33. The Balaban J connectivity index is 3.66. The van der Waals surface area contributed by atoms with E-state index in [0.717, 1.165) is 12.1 Å². The molecule has 0 heterocycles. The van der Waals surface area contributed by atoms with Gasteiger partial charge < -0.3 is 0 Å². The van der Waals surface area contributed by atoms with E-state index in [1.54, 1.807) is 0 Å². The van der Waals surface area contributed by atoms with E-state index < -0.39 is 18.9 Å². The third kappa shape index (κ3) is 2.39. The van der Waals surface area contributed by atoms with Crippen molar-refractivity contribution in [3.8, 4) is 0 Å². The lowest BCUT2D eigenvalue weighted by Crippen LogP contribution is -2.00. The summed E-state index contributed by atoms with van der Waals surface area (Å²) in [5.74, 6) is 0. The standard InChI is InChI=1S/C7H5Cl2NO4S/c1-4-6(10(11)12)3-2-5(8)7(4)15(9,13)14/h2-3H,1H3. The van der Waals surface area contributed by atoms with Gasteiger partial charge in [-0.15, -0.1) is 0 Å². The Morgan fingerprint density at radius 2 is 1.93 bits per heavy atom. The molecule has 1 rings (SSSR count). The van der Waals surface area contributed by atoms with Crippen molar-refractivity contribution >= 4 is 37.0 Å². The normalized spacial score (nSPS) is 11.4. The molecule has 0 saturated heterocycles. The van der Waals surface area contributed by atoms with E-state index >= 15 is 0 Å². The Morgan fingerprint density at radius 3 is 2.33 bits per heavy atom. The quantitative estimate of drug-likeness (QED) is 0.470. The van der Waals surface area contributed by atoms with Crippen molar-refractivity contribution < 1.29 is 13.3 Å². The van der Waals surface area contributed by atoms with Gasteiger partial charge >= 0.3 is 0 Å². The molecule has 1 aromatic carbocycles. The maximum absolute atomic E-state index is 11.1. The highest BCUT2D eigenvalue weighted by atomic mass is 35.7. The lowest BCUT2D eigenvalue weighted by molar-refractivity contribution is -0.385. The molecule has 0 atom stereocenters. The van der Waals surface area contributed by atoms with E-state index in [2.05, 4.69) is 0 Å². The summed E-state index contributed by atoms with van der Waals surface area (Å²) < 4.78 is 22.2. The third-order valence-corrected chi connectivity index (χ3v) is 3.67. The molecule has 5 nitrogen and oxygen atoms in total. The zero-order valence-electron chi connectivity index (χ0n) is 7.40. The van der Waals surface area contributed by atoms with Crippen LogP contribution in [-0.2, 0) is 9.05 Å². The first-order valence-electron chi connectivity index (χ1n) is 3.63. The molecule has 0 aromatic heterocycles. The summed E-state index contributed by atoms with van der Waals surface area (Å²) in [5.41, 5.74) is -0.402. The zero-order valence-corrected chi connectivity index (χ0v) is 9.73. The van der Waals surface area contributed by atoms with Gasteiger partial charge in [0.05, 0.1) is 9.95 Å². The van der Waals surface area contributed by atoms with Crippen LogP contribution in [0.2, 0.25) is 5.02 Å². The van der Waals surface area contributed by atoms with Crippen LogP contribution in [-0.4, -0.2) is 13.3 Å². The van der Waals surface area contributed by atoms with Gasteiger partial charge in [0.15, 0.2) is 0 Å². The molecule has 0 spiro atoms. The summed E-state index contributed by atoms with van der Waals surface area (Å²) in [5, 5.41) is 10.4. The summed E-state index contributed by atoms with van der Waals surface area (Å²) in [6.07, 6.45) is 0. The van der Waals surface area contributed by atoms with Gasteiger partial charge in [0, 0.05) is 22.3 Å². The minimum absolute atomic E-state index is 0.0671. The molecule has 0 N–H and O–H groups in total. The molecule has 0 aliphatic rings. The summed E-state index contributed by atoms with van der Waals surface area (Å²) in [4.78, 5) is 9.42. The SMILES string of the molecule is Cc1c([N+](=O)[O-])ccc(Cl)c1S(=O)(=O)Cl. The van der Waals surface area contributed by atoms with Gasteiger partial charge in [-0.05, 0) is 13.0 Å². The lowest BCUT2D eigenvalue weighted by atomic mass is 10.2.